The van der Waals surface area contributed by atoms with Crippen LogP contribution in [0.15, 0.2) is 36.5 Å². The molecule has 0 spiro atoms. The molecule has 0 aliphatic heterocycles. The smallest absolute Gasteiger partial charge is 0.0643 e. The van der Waals surface area contributed by atoms with Gasteiger partial charge in [0.25, 0.3) is 0 Å². The molecule has 0 N–H and O–H groups in total. The Hall–Kier alpha value is -0.820. The number of hydrogen-bond acceptors (Lipinski definition) is 1. The highest BCUT2D eigenvalue weighted by Gasteiger charge is 2.35. The molecule has 1 fully saturated rings. The highest BCUT2D eigenvalue weighted by atomic mass is 16.5. The van der Waals surface area contributed by atoms with Crippen molar-refractivity contribution >= 4 is 0 Å². The van der Waals surface area contributed by atoms with Crippen LogP contribution in [0.1, 0.15) is 25.7 Å². The lowest BCUT2D eigenvalue weighted by atomic mass is 10.0. The van der Waals surface area contributed by atoms with E-state index < -0.39 is 0 Å². The first kappa shape index (κ1) is 10.3. The van der Waals surface area contributed by atoms with Crippen molar-refractivity contribution in [3.63, 3.8) is 0 Å². The minimum atomic E-state index is 0.532. The predicted molar refractivity (Wildman–Crippen MR) is 66.1 cm³/mol. The largest absolute Gasteiger partial charge is 0.378 e. The molecular weight excluding hydrogens is 196 g/mol. The lowest BCUT2D eigenvalue weighted by Crippen LogP contribution is -2.18. The van der Waals surface area contributed by atoms with Gasteiger partial charge in [-0.25, -0.2) is 0 Å². The first-order valence-corrected chi connectivity index (χ1v) is 6.57. The molecule has 3 rings (SSSR count). The van der Waals surface area contributed by atoms with Gasteiger partial charge in [0, 0.05) is 12.5 Å². The van der Waals surface area contributed by atoms with Crippen molar-refractivity contribution in [3.05, 3.63) is 36.5 Å². The second kappa shape index (κ2) is 4.58. The second-order valence-corrected chi connectivity index (χ2v) is 5.27. The number of hydrogen-bond donors (Lipinski definition) is 0. The molecule has 0 heterocycles. The van der Waals surface area contributed by atoms with Gasteiger partial charge < -0.3 is 4.74 Å². The summed E-state index contributed by atoms with van der Waals surface area (Å²) in [5, 5.41) is 0. The summed E-state index contributed by atoms with van der Waals surface area (Å²) in [7, 11) is 0. The molecule has 86 valence electrons. The molecule has 3 atom stereocenters. The summed E-state index contributed by atoms with van der Waals surface area (Å²) in [5.74, 6) is 2.23. The van der Waals surface area contributed by atoms with Gasteiger partial charge in [-0.2, -0.15) is 0 Å². The van der Waals surface area contributed by atoms with Crippen LogP contribution in [-0.4, -0.2) is 12.7 Å². The monoisotopic (exact) mass is 216 g/mol. The van der Waals surface area contributed by atoms with Crippen molar-refractivity contribution in [2.45, 2.75) is 31.8 Å². The summed E-state index contributed by atoms with van der Waals surface area (Å²) in [6, 6.07) is 0. The molecule has 0 amide bonds. The molecule has 3 aliphatic rings. The van der Waals surface area contributed by atoms with Crippen LogP contribution in [0, 0.1) is 17.8 Å². The first-order chi connectivity index (χ1) is 7.92. The van der Waals surface area contributed by atoms with E-state index in [2.05, 4.69) is 36.5 Å². The minimum Gasteiger partial charge on any atom is -0.378 e. The van der Waals surface area contributed by atoms with Crippen LogP contribution in [0.4, 0.5) is 0 Å². The van der Waals surface area contributed by atoms with Crippen molar-refractivity contribution < 1.29 is 4.74 Å². The van der Waals surface area contributed by atoms with E-state index in [1.165, 1.54) is 25.7 Å². The van der Waals surface area contributed by atoms with Crippen molar-refractivity contribution in [1.29, 1.82) is 0 Å². The van der Waals surface area contributed by atoms with Gasteiger partial charge in [-0.05, 0) is 37.5 Å². The Labute approximate surface area is 97.9 Å². The van der Waals surface area contributed by atoms with Crippen LogP contribution in [0.3, 0.4) is 0 Å². The van der Waals surface area contributed by atoms with Crippen LogP contribution < -0.4 is 0 Å². The van der Waals surface area contributed by atoms with Gasteiger partial charge in [0.2, 0.25) is 0 Å². The molecule has 16 heavy (non-hydrogen) atoms. The number of ether oxygens (including phenoxy) is 1. The molecule has 2 bridgehead atoms. The van der Waals surface area contributed by atoms with E-state index in [9.17, 15) is 0 Å². The molecule has 0 unspecified atom stereocenters. The molecule has 3 aliphatic carbocycles. The van der Waals surface area contributed by atoms with Gasteiger partial charge in [-0.3, -0.25) is 0 Å². The van der Waals surface area contributed by atoms with Gasteiger partial charge in [0.15, 0.2) is 0 Å². The Bertz CT molecular complexity index is 314. The molecule has 0 aromatic rings. The third-order valence-corrected chi connectivity index (χ3v) is 4.06. The normalized spacial score (nSPS) is 35.6. The molecule has 0 radical (unpaired) electrons. The maximum Gasteiger partial charge on any atom is 0.0643 e. The average molecular weight is 216 g/mol. The van der Waals surface area contributed by atoms with Gasteiger partial charge >= 0.3 is 0 Å². The van der Waals surface area contributed by atoms with Gasteiger partial charge in [0.05, 0.1) is 6.10 Å². The highest BCUT2D eigenvalue weighted by molar-refractivity contribution is 5.17. The van der Waals surface area contributed by atoms with E-state index >= 15 is 0 Å². The molecule has 0 saturated heterocycles. The molecule has 0 aromatic carbocycles. The zero-order valence-corrected chi connectivity index (χ0v) is 9.72. The van der Waals surface area contributed by atoms with E-state index in [4.69, 9.17) is 4.74 Å². The van der Waals surface area contributed by atoms with Crippen molar-refractivity contribution in [1.82, 2.24) is 0 Å². The molecular formula is C15H20O. The summed E-state index contributed by atoms with van der Waals surface area (Å²) >= 11 is 0. The maximum absolute atomic E-state index is 6.00. The standard InChI is InChI=1S/C15H20O/c1-2-5-12(4-1)6-3-9-16-15-11-13-7-8-14(15)10-13/h1-2,4-5,7-8,12-15H,3,6,9-11H2/t13-,14+,15+/m0/s1. The number of allylic oxidation sites excluding steroid dienone is 5. The highest BCUT2D eigenvalue weighted by Crippen LogP contribution is 2.40. The van der Waals surface area contributed by atoms with E-state index in [0.29, 0.717) is 12.0 Å². The third-order valence-electron chi connectivity index (χ3n) is 4.06. The van der Waals surface area contributed by atoms with E-state index in [-0.39, 0.29) is 0 Å². The van der Waals surface area contributed by atoms with E-state index in [1.807, 2.05) is 0 Å². The fourth-order valence-corrected chi connectivity index (χ4v) is 3.15. The lowest BCUT2D eigenvalue weighted by Gasteiger charge is -2.19. The Kier molecular flexibility index (Phi) is 2.96. The van der Waals surface area contributed by atoms with Crippen molar-refractivity contribution in [2.24, 2.45) is 17.8 Å². The van der Waals surface area contributed by atoms with Gasteiger partial charge in [-0.1, -0.05) is 36.5 Å². The quantitative estimate of drug-likeness (QED) is 0.505. The Morgan fingerprint density at radius 2 is 1.88 bits per heavy atom. The summed E-state index contributed by atoms with van der Waals surface area (Å²) in [4.78, 5) is 0. The van der Waals surface area contributed by atoms with Crippen molar-refractivity contribution in [2.75, 3.05) is 6.61 Å². The van der Waals surface area contributed by atoms with Crippen LogP contribution in [-0.2, 0) is 4.74 Å². The average Bonchev–Trinajstić information content (AvgIpc) is 3.01. The SMILES string of the molecule is C1=CC(CCCO[C@@H]2C[C@H]3C=C[C@@H]2C3)C=C1. The number of fused-ring (bicyclic) bond motifs is 2. The van der Waals surface area contributed by atoms with E-state index in [1.54, 1.807) is 0 Å². The molecule has 1 heteroatoms. The molecule has 0 aromatic heterocycles. The summed E-state index contributed by atoms with van der Waals surface area (Å²) in [6.07, 6.45) is 19.2. The molecule has 1 nitrogen and oxygen atoms in total. The van der Waals surface area contributed by atoms with Gasteiger partial charge in [-0.15, -0.1) is 0 Å². The zero-order chi connectivity index (χ0) is 10.8. The van der Waals surface area contributed by atoms with Crippen LogP contribution in [0.25, 0.3) is 0 Å². The minimum absolute atomic E-state index is 0.532. The number of rotatable bonds is 5. The Morgan fingerprint density at radius 1 is 1.00 bits per heavy atom. The molecule has 1 saturated carbocycles. The fourth-order valence-electron chi connectivity index (χ4n) is 3.15. The lowest BCUT2D eigenvalue weighted by molar-refractivity contribution is 0.0339. The fraction of sp³-hybridized carbons (Fsp3) is 0.600. The summed E-state index contributed by atoms with van der Waals surface area (Å²) in [5.41, 5.74) is 0. The van der Waals surface area contributed by atoms with Gasteiger partial charge in [0.1, 0.15) is 0 Å². The third kappa shape index (κ3) is 2.15. The Balaban J connectivity index is 1.33. The predicted octanol–water partition coefficient (Wildman–Crippen LogP) is 3.49. The maximum atomic E-state index is 6.00. The summed E-state index contributed by atoms with van der Waals surface area (Å²) in [6.45, 7) is 0.944. The van der Waals surface area contributed by atoms with Crippen LogP contribution in [0.5, 0.6) is 0 Å². The first-order valence-electron chi connectivity index (χ1n) is 6.57. The Morgan fingerprint density at radius 3 is 2.56 bits per heavy atom. The zero-order valence-electron chi connectivity index (χ0n) is 9.72. The van der Waals surface area contributed by atoms with Crippen molar-refractivity contribution in [3.8, 4) is 0 Å². The summed E-state index contributed by atoms with van der Waals surface area (Å²) < 4.78 is 6.00. The second-order valence-electron chi connectivity index (χ2n) is 5.27. The topological polar surface area (TPSA) is 9.23 Å². The van der Waals surface area contributed by atoms with E-state index in [0.717, 1.165) is 18.4 Å². The van der Waals surface area contributed by atoms with Crippen LogP contribution in [0.2, 0.25) is 0 Å². The van der Waals surface area contributed by atoms with Crippen LogP contribution >= 0.6 is 0 Å².